The second-order valence-electron chi connectivity index (χ2n) is 3.00. The van der Waals surface area contributed by atoms with Crippen molar-refractivity contribution in [3.8, 4) is 0 Å². The van der Waals surface area contributed by atoms with Gasteiger partial charge < -0.3 is 5.32 Å². The van der Waals surface area contributed by atoms with E-state index in [0.717, 1.165) is 13.2 Å². The lowest BCUT2D eigenvalue weighted by Crippen LogP contribution is -2.47. The fourth-order valence-corrected chi connectivity index (χ4v) is 2.55. The van der Waals surface area contributed by atoms with Gasteiger partial charge in [-0.1, -0.05) is 0 Å². The van der Waals surface area contributed by atoms with Crippen LogP contribution in [-0.4, -0.2) is 48.9 Å². The molecular formula is C7H15N3S. The van der Waals surface area contributed by atoms with E-state index in [1.165, 1.54) is 24.6 Å². The molecule has 1 unspecified atom stereocenters. The van der Waals surface area contributed by atoms with Crippen LogP contribution in [0.15, 0.2) is 0 Å². The molecule has 2 saturated heterocycles. The third-order valence-corrected chi connectivity index (χ3v) is 3.23. The summed E-state index contributed by atoms with van der Waals surface area (Å²) >= 11 is 2.07. The van der Waals surface area contributed by atoms with E-state index in [1.807, 2.05) is 0 Å². The van der Waals surface area contributed by atoms with Gasteiger partial charge in [-0.05, 0) is 0 Å². The fraction of sp³-hybridized carbons (Fsp3) is 1.00. The van der Waals surface area contributed by atoms with Crippen molar-refractivity contribution in [2.75, 3.05) is 37.8 Å². The van der Waals surface area contributed by atoms with Gasteiger partial charge in [-0.15, -0.1) is 0 Å². The largest absolute Gasteiger partial charge is 0.302 e. The van der Waals surface area contributed by atoms with Crippen LogP contribution in [0.2, 0.25) is 0 Å². The van der Waals surface area contributed by atoms with Gasteiger partial charge in [0.1, 0.15) is 0 Å². The van der Waals surface area contributed by atoms with Gasteiger partial charge in [0.2, 0.25) is 0 Å². The van der Waals surface area contributed by atoms with Crippen molar-refractivity contribution in [1.82, 2.24) is 15.5 Å². The summed E-state index contributed by atoms with van der Waals surface area (Å²) < 4.78 is 0. The molecule has 2 N–H and O–H groups in total. The third-order valence-electron chi connectivity index (χ3n) is 2.29. The Bertz CT molecular complexity index is 119. The minimum atomic E-state index is 0.607. The van der Waals surface area contributed by atoms with Crippen molar-refractivity contribution < 1.29 is 0 Å². The summed E-state index contributed by atoms with van der Waals surface area (Å²) in [6.07, 6.45) is 0.607. The SMILES string of the molecule is C1NCC(N2CCSCC2)N1. The zero-order valence-electron chi connectivity index (χ0n) is 6.68. The number of rotatable bonds is 1. The lowest BCUT2D eigenvalue weighted by Gasteiger charge is -2.31. The van der Waals surface area contributed by atoms with Gasteiger partial charge in [0.25, 0.3) is 0 Å². The lowest BCUT2D eigenvalue weighted by atomic mass is 10.4. The van der Waals surface area contributed by atoms with E-state index in [-0.39, 0.29) is 0 Å². The molecule has 1 atom stereocenters. The molecule has 2 aliphatic heterocycles. The van der Waals surface area contributed by atoms with Crippen LogP contribution in [0.1, 0.15) is 0 Å². The predicted octanol–water partition coefficient (Wildman–Crippen LogP) is -0.488. The summed E-state index contributed by atoms with van der Waals surface area (Å²) in [6.45, 7) is 4.60. The smallest absolute Gasteiger partial charge is 0.0736 e. The molecule has 0 aromatic rings. The van der Waals surface area contributed by atoms with E-state index in [2.05, 4.69) is 27.3 Å². The first-order valence-electron chi connectivity index (χ1n) is 4.23. The molecule has 2 heterocycles. The molecule has 11 heavy (non-hydrogen) atoms. The van der Waals surface area contributed by atoms with E-state index in [1.54, 1.807) is 0 Å². The van der Waals surface area contributed by atoms with Gasteiger partial charge in [-0.25, -0.2) is 0 Å². The second kappa shape index (κ2) is 3.76. The molecule has 2 fully saturated rings. The Balaban J connectivity index is 1.82. The first-order valence-corrected chi connectivity index (χ1v) is 5.38. The van der Waals surface area contributed by atoms with Gasteiger partial charge in [0.15, 0.2) is 0 Å². The molecule has 0 aromatic heterocycles. The molecule has 2 aliphatic rings. The van der Waals surface area contributed by atoms with Crippen LogP contribution in [0.5, 0.6) is 0 Å². The van der Waals surface area contributed by atoms with Crippen LogP contribution in [0.4, 0.5) is 0 Å². The Morgan fingerprint density at radius 2 is 2.09 bits per heavy atom. The average Bonchev–Trinajstić information content (AvgIpc) is 2.58. The highest BCUT2D eigenvalue weighted by molar-refractivity contribution is 7.99. The molecule has 0 spiro atoms. The van der Waals surface area contributed by atoms with Crippen molar-refractivity contribution in [2.45, 2.75) is 6.17 Å². The number of hydrogen-bond donors (Lipinski definition) is 2. The highest BCUT2D eigenvalue weighted by Gasteiger charge is 2.22. The standard InChI is InChI=1S/C7H15N3S/c1-3-11-4-2-10(1)7-5-8-6-9-7/h7-9H,1-6H2. The van der Waals surface area contributed by atoms with Crippen LogP contribution in [0, 0.1) is 0 Å². The summed E-state index contributed by atoms with van der Waals surface area (Å²) in [5.41, 5.74) is 0. The minimum Gasteiger partial charge on any atom is -0.302 e. The highest BCUT2D eigenvalue weighted by atomic mass is 32.2. The normalized spacial score (nSPS) is 34.4. The first kappa shape index (κ1) is 7.86. The minimum absolute atomic E-state index is 0.607. The molecule has 0 radical (unpaired) electrons. The molecule has 0 saturated carbocycles. The number of thioether (sulfide) groups is 1. The summed E-state index contributed by atoms with van der Waals surface area (Å²) in [6, 6.07) is 0. The van der Waals surface area contributed by atoms with Crippen molar-refractivity contribution in [1.29, 1.82) is 0 Å². The Morgan fingerprint density at radius 3 is 2.73 bits per heavy atom. The molecule has 0 bridgehead atoms. The summed E-state index contributed by atoms with van der Waals surface area (Å²) in [7, 11) is 0. The van der Waals surface area contributed by atoms with Crippen LogP contribution in [-0.2, 0) is 0 Å². The topological polar surface area (TPSA) is 27.3 Å². The quantitative estimate of drug-likeness (QED) is 0.560. The molecule has 0 aliphatic carbocycles. The van der Waals surface area contributed by atoms with Crippen LogP contribution in [0.3, 0.4) is 0 Å². The molecule has 0 amide bonds. The molecule has 0 aromatic carbocycles. The van der Waals surface area contributed by atoms with Crippen molar-refractivity contribution >= 4 is 11.8 Å². The van der Waals surface area contributed by atoms with Crippen LogP contribution >= 0.6 is 11.8 Å². The maximum absolute atomic E-state index is 3.43. The predicted molar refractivity (Wildman–Crippen MR) is 48.7 cm³/mol. The molecule has 4 heteroatoms. The average molecular weight is 173 g/mol. The lowest BCUT2D eigenvalue weighted by molar-refractivity contribution is 0.210. The van der Waals surface area contributed by atoms with Crippen LogP contribution in [0.25, 0.3) is 0 Å². The van der Waals surface area contributed by atoms with Gasteiger partial charge in [0, 0.05) is 37.8 Å². The molecule has 2 rings (SSSR count). The Hall–Kier alpha value is 0.230. The summed E-state index contributed by atoms with van der Waals surface area (Å²) in [4.78, 5) is 2.54. The van der Waals surface area contributed by atoms with E-state index in [0.29, 0.717) is 6.17 Å². The third kappa shape index (κ3) is 1.87. The highest BCUT2D eigenvalue weighted by Crippen LogP contribution is 2.11. The number of nitrogens with zero attached hydrogens (tertiary/aromatic N) is 1. The van der Waals surface area contributed by atoms with Gasteiger partial charge in [0.05, 0.1) is 6.17 Å². The van der Waals surface area contributed by atoms with E-state index < -0.39 is 0 Å². The number of nitrogens with one attached hydrogen (secondary N) is 2. The first-order chi connectivity index (χ1) is 5.47. The Morgan fingerprint density at radius 1 is 1.27 bits per heavy atom. The van der Waals surface area contributed by atoms with Crippen molar-refractivity contribution in [3.63, 3.8) is 0 Å². The number of hydrogen-bond acceptors (Lipinski definition) is 4. The van der Waals surface area contributed by atoms with E-state index in [9.17, 15) is 0 Å². The zero-order chi connectivity index (χ0) is 7.52. The van der Waals surface area contributed by atoms with Crippen molar-refractivity contribution in [3.05, 3.63) is 0 Å². The Labute approximate surface area is 71.9 Å². The maximum atomic E-state index is 3.43. The van der Waals surface area contributed by atoms with Gasteiger partial charge >= 0.3 is 0 Å². The Kier molecular flexibility index (Phi) is 2.68. The fourth-order valence-electron chi connectivity index (χ4n) is 1.62. The second-order valence-corrected chi connectivity index (χ2v) is 4.22. The molecular weight excluding hydrogens is 158 g/mol. The van der Waals surface area contributed by atoms with E-state index in [4.69, 9.17) is 0 Å². The van der Waals surface area contributed by atoms with Crippen LogP contribution < -0.4 is 10.6 Å². The van der Waals surface area contributed by atoms with Gasteiger partial charge in [-0.2, -0.15) is 11.8 Å². The molecule has 3 nitrogen and oxygen atoms in total. The monoisotopic (exact) mass is 173 g/mol. The summed E-state index contributed by atoms with van der Waals surface area (Å²) in [5.74, 6) is 2.61. The maximum Gasteiger partial charge on any atom is 0.0736 e. The van der Waals surface area contributed by atoms with Gasteiger partial charge in [-0.3, -0.25) is 10.2 Å². The zero-order valence-corrected chi connectivity index (χ0v) is 7.49. The van der Waals surface area contributed by atoms with E-state index >= 15 is 0 Å². The van der Waals surface area contributed by atoms with Crippen molar-refractivity contribution in [2.24, 2.45) is 0 Å². The summed E-state index contributed by atoms with van der Waals surface area (Å²) in [5, 5.41) is 6.74. The molecule has 64 valence electrons.